The molecule has 0 heterocycles. The zero-order chi connectivity index (χ0) is 13.0. The number of hydrogen-bond acceptors (Lipinski definition) is 3. The molecule has 17 heavy (non-hydrogen) atoms. The van der Waals surface area contributed by atoms with Crippen molar-refractivity contribution in [3.63, 3.8) is 0 Å². The Hall–Kier alpha value is -1.88. The minimum absolute atomic E-state index is 0.0541. The van der Waals surface area contributed by atoms with Crippen molar-refractivity contribution in [3.8, 4) is 0 Å². The average Bonchev–Trinajstić information content (AvgIpc) is 2.25. The van der Waals surface area contributed by atoms with Gasteiger partial charge in [-0.05, 0) is 13.0 Å². The lowest BCUT2D eigenvalue weighted by Gasteiger charge is -2.06. The van der Waals surface area contributed by atoms with E-state index in [9.17, 15) is 14.9 Å². The van der Waals surface area contributed by atoms with Crippen molar-refractivity contribution in [2.24, 2.45) is 0 Å². The molecule has 0 spiro atoms. The molecule has 0 saturated heterocycles. The molecule has 0 fully saturated rings. The fraction of sp³-hybridized carbons (Fsp3) is 0.182. The standard InChI is InChI=1S/C11H11ClN2O3/c1-7(2)6-13-11(15)10-8(12)4-3-5-9(10)14(16)17/h3-5H,1,6H2,2H3,(H,13,15). The van der Waals surface area contributed by atoms with Crippen LogP contribution in [0.15, 0.2) is 30.4 Å². The average molecular weight is 255 g/mol. The number of nitrogens with one attached hydrogen (secondary N) is 1. The smallest absolute Gasteiger partial charge is 0.283 e. The molecule has 0 atom stereocenters. The molecule has 90 valence electrons. The largest absolute Gasteiger partial charge is 0.348 e. The first-order valence-corrected chi connectivity index (χ1v) is 5.16. The van der Waals surface area contributed by atoms with E-state index in [2.05, 4.69) is 11.9 Å². The van der Waals surface area contributed by atoms with Crippen LogP contribution in [0.3, 0.4) is 0 Å². The summed E-state index contributed by atoms with van der Waals surface area (Å²) in [6.07, 6.45) is 0. The lowest BCUT2D eigenvalue weighted by molar-refractivity contribution is -0.385. The van der Waals surface area contributed by atoms with Gasteiger partial charge in [-0.1, -0.05) is 29.8 Å². The van der Waals surface area contributed by atoms with Gasteiger partial charge in [0.05, 0.1) is 9.95 Å². The molecular weight excluding hydrogens is 244 g/mol. The Morgan fingerprint density at radius 1 is 1.59 bits per heavy atom. The molecule has 0 aliphatic rings. The lowest BCUT2D eigenvalue weighted by atomic mass is 10.1. The van der Waals surface area contributed by atoms with Crippen LogP contribution < -0.4 is 5.32 Å². The topological polar surface area (TPSA) is 72.2 Å². The molecule has 0 saturated carbocycles. The van der Waals surface area contributed by atoms with Gasteiger partial charge >= 0.3 is 0 Å². The van der Waals surface area contributed by atoms with Crippen molar-refractivity contribution in [2.75, 3.05) is 6.54 Å². The fourth-order valence-electron chi connectivity index (χ4n) is 1.21. The molecule has 5 nitrogen and oxygen atoms in total. The van der Waals surface area contributed by atoms with E-state index < -0.39 is 10.8 Å². The fourth-order valence-corrected chi connectivity index (χ4v) is 1.46. The highest BCUT2D eigenvalue weighted by atomic mass is 35.5. The van der Waals surface area contributed by atoms with E-state index in [-0.39, 0.29) is 22.8 Å². The summed E-state index contributed by atoms with van der Waals surface area (Å²) in [5.41, 5.74) is 0.310. The van der Waals surface area contributed by atoms with Crippen LogP contribution in [-0.4, -0.2) is 17.4 Å². The lowest BCUT2D eigenvalue weighted by Crippen LogP contribution is -2.26. The monoisotopic (exact) mass is 254 g/mol. The predicted octanol–water partition coefficient (Wildman–Crippen LogP) is 2.55. The molecule has 6 heteroatoms. The van der Waals surface area contributed by atoms with Crippen LogP contribution in [0, 0.1) is 10.1 Å². The predicted molar refractivity (Wildman–Crippen MR) is 65.3 cm³/mol. The van der Waals surface area contributed by atoms with Gasteiger partial charge in [-0.25, -0.2) is 0 Å². The van der Waals surface area contributed by atoms with Crippen molar-refractivity contribution in [1.29, 1.82) is 0 Å². The number of rotatable bonds is 4. The second-order valence-corrected chi connectivity index (χ2v) is 3.94. The number of hydrogen-bond donors (Lipinski definition) is 1. The van der Waals surface area contributed by atoms with Crippen molar-refractivity contribution in [2.45, 2.75) is 6.92 Å². The van der Waals surface area contributed by atoms with E-state index in [1.807, 2.05) is 0 Å². The van der Waals surface area contributed by atoms with Gasteiger partial charge in [-0.2, -0.15) is 0 Å². The third-order valence-corrected chi connectivity index (χ3v) is 2.28. The highest BCUT2D eigenvalue weighted by Gasteiger charge is 2.22. The minimum atomic E-state index is -0.637. The highest BCUT2D eigenvalue weighted by Crippen LogP contribution is 2.25. The normalized spacial score (nSPS) is 9.76. The third-order valence-electron chi connectivity index (χ3n) is 1.97. The zero-order valence-electron chi connectivity index (χ0n) is 9.20. The molecular formula is C11H11ClN2O3. The number of nitrogens with zero attached hydrogens (tertiary/aromatic N) is 1. The summed E-state index contributed by atoms with van der Waals surface area (Å²) in [4.78, 5) is 21.9. The molecule has 0 bridgehead atoms. The summed E-state index contributed by atoms with van der Waals surface area (Å²) in [5.74, 6) is -0.578. The molecule has 1 N–H and O–H groups in total. The number of nitro benzene ring substituents is 1. The van der Waals surface area contributed by atoms with Crippen LogP contribution in [0.25, 0.3) is 0 Å². The second-order valence-electron chi connectivity index (χ2n) is 3.53. The number of carbonyl (C=O) groups is 1. The van der Waals surface area contributed by atoms with Gasteiger partial charge in [0.1, 0.15) is 5.56 Å². The molecule has 0 unspecified atom stereocenters. The zero-order valence-corrected chi connectivity index (χ0v) is 9.95. The van der Waals surface area contributed by atoms with Crippen LogP contribution in [0.1, 0.15) is 17.3 Å². The number of benzene rings is 1. The van der Waals surface area contributed by atoms with Crippen molar-refractivity contribution >= 4 is 23.2 Å². The molecule has 0 aliphatic heterocycles. The summed E-state index contributed by atoms with van der Waals surface area (Å²) < 4.78 is 0. The van der Waals surface area contributed by atoms with Gasteiger partial charge in [0.25, 0.3) is 11.6 Å². The number of halogens is 1. The Labute approximate surface area is 103 Å². The van der Waals surface area contributed by atoms with Crippen molar-refractivity contribution in [1.82, 2.24) is 5.32 Å². The third kappa shape index (κ3) is 3.29. The first-order valence-electron chi connectivity index (χ1n) is 4.79. The highest BCUT2D eigenvalue weighted by molar-refractivity contribution is 6.34. The molecule has 0 aliphatic carbocycles. The second kappa shape index (κ2) is 5.45. The molecule has 1 amide bonds. The van der Waals surface area contributed by atoms with Crippen LogP contribution in [0.2, 0.25) is 5.02 Å². The molecule has 0 aromatic heterocycles. The maximum absolute atomic E-state index is 11.8. The first-order chi connectivity index (χ1) is 7.93. The molecule has 0 radical (unpaired) electrons. The van der Waals surface area contributed by atoms with E-state index in [0.29, 0.717) is 0 Å². The molecule has 1 rings (SSSR count). The van der Waals surface area contributed by atoms with Crippen LogP contribution in [-0.2, 0) is 0 Å². The summed E-state index contributed by atoms with van der Waals surface area (Å²) in [5, 5.41) is 13.3. The van der Waals surface area contributed by atoms with Crippen molar-refractivity contribution in [3.05, 3.63) is 51.1 Å². The summed E-state index contributed by atoms with van der Waals surface area (Å²) in [6, 6.07) is 4.10. The van der Waals surface area contributed by atoms with Crippen LogP contribution in [0.4, 0.5) is 5.69 Å². The van der Waals surface area contributed by atoms with E-state index in [1.165, 1.54) is 18.2 Å². The minimum Gasteiger partial charge on any atom is -0.348 e. The maximum atomic E-state index is 11.8. The summed E-state index contributed by atoms with van der Waals surface area (Å²) >= 11 is 5.80. The summed E-state index contributed by atoms with van der Waals surface area (Å²) in [6.45, 7) is 5.61. The summed E-state index contributed by atoms with van der Waals surface area (Å²) in [7, 11) is 0. The Morgan fingerprint density at radius 3 is 2.76 bits per heavy atom. The van der Waals surface area contributed by atoms with Gasteiger partial charge in [0.2, 0.25) is 0 Å². The molecule has 1 aromatic rings. The van der Waals surface area contributed by atoms with Crippen molar-refractivity contribution < 1.29 is 9.72 Å². The Balaban J connectivity index is 3.07. The van der Waals surface area contributed by atoms with Gasteiger partial charge in [0.15, 0.2) is 0 Å². The van der Waals surface area contributed by atoms with E-state index in [4.69, 9.17) is 11.6 Å². The number of carbonyl (C=O) groups excluding carboxylic acids is 1. The Bertz CT molecular complexity index is 486. The van der Waals surface area contributed by atoms with Gasteiger partial charge in [0, 0.05) is 12.6 Å². The number of amides is 1. The number of nitro groups is 1. The quantitative estimate of drug-likeness (QED) is 0.510. The van der Waals surface area contributed by atoms with Gasteiger partial charge in [-0.15, -0.1) is 0 Å². The van der Waals surface area contributed by atoms with Gasteiger partial charge in [-0.3, -0.25) is 14.9 Å². The molecule has 1 aromatic carbocycles. The van der Waals surface area contributed by atoms with Crippen LogP contribution >= 0.6 is 11.6 Å². The Kier molecular flexibility index (Phi) is 4.23. The first kappa shape index (κ1) is 13.2. The van der Waals surface area contributed by atoms with Crippen LogP contribution in [0.5, 0.6) is 0 Å². The van der Waals surface area contributed by atoms with E-state index in [1.54, 1.807) is 6.92 Å². The Morgan fingerprint density at radius 2 is 2.24 bits per heavy atom. The SMILES string of the molecule is C=C(C)CNC(=O)c1c(Cl)cccc1[N+](=O)[O-]. The van der Waals surface area contributed by atoms with E-state index >= 15 is 0 Å². The maximum Gasteiger partial charge on any atom is 0.283 e. The van der Waals surface area contributed by atoms with Gasteiger partial charge < -0.3 is 5.32 Å². The van der Waals surface area contributed by atoms with E-state index in [0.717, 1.165) is 5.57 Å².